The molecule has 17 heavy (non-hydrogen) atoms. The van der Waals surface area contributed by atoms with Crippen molar-refractivity contribution < 1.29 is 9.53 Å². The number of ether oxygens (including phenoxy) is 1. The van der Waals surface area contributed by atoms with Crippen molar-refractivity contribution >= 4 is 11.8 Å². The first-order valence-corrected chi connectivity index (χ1v) is 5.55. The van der Waals surface area contributed by atoms with E-state index in [1.54, 1.807) is 12.1 Å². The van der Waals surface area contributed by atoms with Crippen molar-refractivity contribution in [3.63, 3.8) is 0 Å². The third-order valence-electron chi connectivity index (χ3n) is 3.09. The summed E-state index contributed by atoms with van der Waals surface area (Å²) < 4.78 is 4.54. The van der Waals surface area contributed by atoms with Gasteiger partial charge < -0.3 is 15.8 Å². The van der Waals surface area contributed by atoms with Crippen LogP contribution in [0.2, 0.25) is 0 Å². The van der Waals surface area contributed by atoms with Crippen LogP contribution in [0.1, 0.15) is 23.3 Å². The van der Waals surface area contributed by atoms with Crippen LogP contribution in [0, 0.1) is 5.41 Å². The first-order chi connectivity index (χ1) is 8.19. The number of nitrogens with zero attached hydrogens (tertiary/aromatic N) is 2. The van der Waals surface area contributed by atoms with Crippen LogP contribution >= 0.6 is 0 Å². The van der Waals surface area contributed by atoms with Crippen molar-refractivity contribution in [2.45, 2.75) is 12.8 Å². The summed E-state index contributed by atoms with van der Waals surface area (Å²) in [5.41, 5.74) is 6.12. The Balaban J connectivity index is 1.92. The van der Waals surface area contributed by atoms with E-state index in [9.17, 15) is 4.79 Å². The summed E-state index contributed by atoms with van der Waals surface area (Å²) in [7, 11) is 1.31. The van der Waals surface area contributed by atoms with Crippen molar-refractivity contribution in [1.29, 1.82) is 0 Å². The molecule has 0 atom stereocenters. The number of aromatic nitrogens is 2. The average molecular weight is 236 g/mol. The highest BCUT2D eigenvalue weighted by Gasteiger charge is 2.40. The SMILES string of the molecule is COC(=O)c1ccc(NCC2(CN)CC2)nn1. The first-order valence-electron chi connectivity index (χ1n) is 5.55. The summed E-state index contributed by atoms with van der Waals surface area (Å²) in [5, 5.41) is 10.9. The molecule has 1 aliphatic carbocycles. The van der Waals surface area contributed by atoms with Gasteiger partial charge in [0.2, 0.25) is 0 Å². The third-order valence-corrected chi connectivity index (χ3v) is 3.09. The van der Waals surface area contributed by atoms with Gasteiger partial charge in [-0.3, -0.25) is 0 Å². The highest BCUT2D eigenvalue weighted by Crippen LogP contribution is 2.44. The maximum Gasteiger partial charge on any atom is 0.358 e. The van der Waals surface area contributed by atoms with Crippen LogP contribution < -0.4 is 11.1 Å². The molecule has 1 saturated carbocycles. The van der Waals surface area contributed by atoms with Gasteiger partial charge in [-0.1, -0.05) is 0 Å². The Morgan fingerprint density at radius 3 is 2.76 bits per heavy atom. The molecule has 1 aliphatic rings. The fourth-order valence-corrected chi connectivity index (χ4v) is 1.55. The number of methoxy groups -OCH3 is 1. The molecule has 1 heterocycles. The van der Waals surface area contributed by atoms with Gasteiger partial charge in [0.05, 0.1) is 7.11 Å². The van der Waals surface area contributed by atoms with E-state index in [0.29, 0.717) is 12.4 Å². The summed E-state index contributed by atoms with van der Waals surface area (Å²) in [4.78, 5) is 11.1. The van der Waals surface area contributed by atoms with Crippen molar-refractivity contribution in [3.8, 4) is 0 Å². The van der Waals surface area contributed by atoms with Crippen molar-refractivity contribution in [3.05, 3.63) is 17.8 Å². The van der Waals surface area contributed by atoms with Crippen LogP contribution in [0.15, 0.2) is 12.1 Å². The molecule has 0 amide bonds. The Labute approximate surface area is 99.6 Å². The summed E-state index contributed by atoms with van der Waals surface area (Å²) in [5.74, 6) is 0.169. The van der Waals surface area contributed by atoms with Crippen LogP contribution in [-0.4, -0.2) is 36.4 Å². The van der Waals surface area contributed by atoms with Gasteiger partial charge in [0.25, 0.3) is 0 Å². The molecule has 0 saturated heterocycles. The quantitative estimate of drug-likeness (QED) is 0.720. The third kappa shape index (κ3) is 2.71. The molecule has 2 rings (SSSR count). The highest BCUT2D eigenvalue weighted by atomic mass is 16.5. The van der Waals surface area contributed by atoms with Gasteiger partial charge in [-0.05, 0) is 36.9 Å². The van der Waals surface area contributed by atoms with Crippen molar-refractivity contribution in [2.75, 3.05) is 25.5 Å². The van der Waals surface area contributed by atoms with Crippen LogP contribution in [0.5, 0.6) is 0 Å². The number of carbonyl (C=O) groups is 1. The second-order valence-electron chi connectivity index (χ2n) is 4.35. The number of rotatable bonds is 5. The fraction of sp³-hybridized carbons (Fsp3) is 0.545. The van der Waals surface area contributed by atoms with Crippen molar-refractivity contribution in [2.24, 2.45) is 11.1 Å². The Bertz CT molecular complexity index is 400. The molecule has 0 bridgehead atoms. The lowest BCUT2D eigenvalue weighted by Crippen LogP contribution is -2.24. The summed E-state index contributed by atoms with van der Waals surface area (Å²) in [6.07, 6.45) is 2.31. The minimum atomic E-state index is -0.482. The van der Waals surface area contributed by atoms with E-state index in [-0.39, 0.29) is 11.1 Å². The van der Waals surface area contributed by atoms with E-state index in [1.807, 2.05) is 0 Å². The predicted octanol–water partition coefficient (Wildman–Crippen LogP) is 0.414. The van der Waals surface area contributed by atoms with Crippen molar-refractivity contribution in [1.82, 2.24) is 10.2 Å². The number of nitrogens with two attached hydrogens (primary N) is 1. The average Bonchev–Trinajstić information content (AvgIpc) is 3.17. The van der Waals surface area contributed by atoms with Gasteiger partial charge >= 0.3 is 5.97 Å². The smallest absolute Gasteiger partial charge is 0.358 e. The van der Waals surface area contributed by atoms with Gasteiger partial charge in [-0.25, -0.2) is 4.79 Å². The van der Waals surface area contributed by atoms with Crippen LogP contribution in [0.25, 0.3) is 0 Å². The Morgan fingerprint density at radius 1 is 1.53 bits per heavy atom. The van der Waals surface area contributed by atoms with Crippen LogP contribution in [0.3, 0.4) is 0 Å². The van der Waals surface area contributed by atoms with E-state index < -0.39 is 5.97 Å². The van der Waals surface area contributed by atoms with Gasteiger partial charge in [-0.2, -0.15) is 0 Å². The topological polar surface area (TPSA) is 90.1 Å². The van der Waals surface area contributed by atoms with E-state index in [0.717, 1.165) is 19.4 Å². The number of esters is 1. The Hall–Kier alpha value is -1.69. The summed E-state index contributed by atoms with van der Waals surface area (Å²) in [6, 6.07) is 3.30. The molecule has 6 heteroatoms. The Kier molecular flexibility index (Phi) is 3.23. The zero-order chi connectivity index (χ0) is 12.3. The van der Waals surface area contributed by atoms with Gasteiger partial charge in [0.15, 0.2) is 5.69 Å². The number of carbonyl (C=O) groups excluding carboxylic acids is 1. The lowest BCUT2D eigenvalue weighted by atomic mass is 10.1. The molecule has 1 aromatic rings. The van der Waals surface area contributed by atoms with Crippen LogP contribution in [-0.2, 0) is 4.74 Å². The zero-order valence-electron chi connectivity index (χ0n) is 9.77. The molecule has 1 fully saturated rings. The highest BCUT2D eigenvalue weighted by molar-refractivity contribution is 5.86. The lowest BCUT2D eigenvalue weighted by molar-refractivity contribution is 0.0593. The molecule has 0 radical (unpaired) electrons. The molecule has 6 nitrogen and oxygen atoms in total. The normalized spacial score (nSPS) is 16.4. The molecular weight excluding hydrogens is 220 g/mol. The van der Waals surface area contributed by atoms with Gasteiger partial charge in [0, 0.05) is 6.54 Å². The molecule has 0 spiro atoms. The largest absolute Gasteiger partial charge is 0.464 e. The summed E-state index contributed by atoms with van der Waals surface area (Å²) >= 11 is 0. The van der Waals surface area contributed by atoms with Gasteiger partial charge in [-0.15, -0.1) is 10.2 Å². The molecule has 1 aromatic heterocycles. The second-order valence-corrected chi connectivity index (χ2v) is 4.35. The van der Waals surface area contributed by atoms with E-state index in [4.69, 9.17) is 5.73 Å². The first kappa shape index (κ1) is 11.8. The second kappa shape index (κ2) is 4.67. The minimum absolute atomic E-state index is 0.206. The number of hydrogen-bond acceptors (Lipinski definition) is 6. The predicted molar refractivity (Wildman–Crippen MR) is 62.6 cm³/mol. The number of anilines is 1. The van der Waals surface area contributed by atoms with Crippen LogP contribution in [0.4, 0.5) is 5.82 Å². The van der Waals surface area contributed by atoms with E-state index >= 15 is 0 Å². The molecule has 92 valence electrons. The maximum atomic E-state index is 11.1. The molecule has 0 unspecified atom stereocenters. The van der Waals surface area contributed by atoms with Gasteiger partial charge in [0.1, 0.15) is 5.82 Å². The van der Waals surface area contributed by atoms with E-state index in [2.05, 4.69) is 20.3 Å². The standard InChI is InChI=1S/C11H16N4O2/c1-17-10(16)8-2-3-9(15-14-8)13-7-11(6-12)4-5-11/h2-3H,4-7,12H2,1H3,(H,13,15). The van der Waals surface area contributed by atoms with E-state index in [1.165, 1.54) is 7.11 Å². The number of nitrogens with one attached hydrogen (secondary N) is 1. The molecule has 0 aliphatic heterocycles. The minimum Gasteiger partial charge on any atom is -0.464 e. The zero-order valence-corrected chi connectivity index (χ0v) is 9.77. The molecule has 0 aromatic carbocycles. The molecule has 3 N–H and O–H groups in total. The monoisotopic (exact) mass is 236 g/mol. The summed E-state index contributed by atoms with van der Waals surface area (Å²) in [6.45, 7) is 1.49. The Morgan fingerprint density at radius 2 is 2.29 bits per heavy atom. The fourth-order valence-electron chi connectivity index (χ4n) is 1.55. The maximum absolute atomic E-state index is 11.1. The molecular formula is C11H16N4O2. The number of hydrogen-bond donors (Lipinski definition) is 2. The lowest BCUT2D eigenvalue weighted by Gasteiger charge is -2.13.